The summed E-state index contributed by atoms with van der Waals surface area (Å²) < 4.78 is 5.38. The summed E-state index contributed by atoms with van der Waals surface area (Å²) in [5, 5.41) is 3.71. The number of hydrogen-bond donors (Lipinski definition) is 1. The summed E-state index contributed by atoms with van der Waals surface area (Å²) in [5.74, 6) is 0.408. The Bertz CT molecular complexity index is 613. The van der Waals surface area contributed by atoms with Gasteiger partial charge >= 0.3 is 0 Å². The van der Waals surface area contributed by atoms with Gasteiger partial charge in [0.2, 0.25) is 0 Å². The topological polar surface area (TPSA) is 41.6 Å². The Balaban J connectivity index is 2.22. The van der Waals surface area contributed by atoms with E-state index in [9.17, 15) is 4.79 Å². The number of hydrogen-bond acceptors (Lipinski definition) is 3. The van der Waals surface area contributed by atoms with E-state index in [1.54, 1.807) is 31.3 Å². The number of carbonyl (C=O) groups excluding carboxylic acids is 1. The molecule has 0 spiro atoms. The Hall–Kier alpha value is -1.85. The average molecular weight is 309 g/mol. The largest absolute Gasteiger partial charge is 0.488 e. The SMILES string of the molecule is C=CCOc1ccc(/C=C2\NC(=S)N(C)C2=O)cc1Cl. The molecule has 1 fully saturated rings. The predicted octanol–water partition coefficient (Wildman–Crippen LogP) is 2.59. The third kappa shape index (κ3) is 3.00. The molecule has 1 heterocycles. The molecule has 1 aliphatic heterocycles. The summed E-state index contributed by atoms with van der Waals surface area (Å²) in [4.78, 5) is 13.2. The highest BCUT2D eigenvalue weighted by Crippen LogP contribution is 2.26. The zero-order valence-corrected chi connectivity index (χ0v) is 12.4. The number of likely N-dealkylation sites (N-methyl/N-ethyl adjacent to an activating group) is 1. The molecule has 1 aliphatic rings. The zero-order valence-electron chi connectivity index (χ0n) is 10.9. The lowest BCUT2D eigenvalue weighted by molar-refractivity contribution is -0.121. The van der Waals surface area contributed by atoms with Crippen LogP contribution in [0.5, 0.6) is 5.75 Å². The molecular formula is C14H13ClN2O2S. The van der Waals surface area contributed by atoms with E-state index in [-0.39, 0.29) is 5.91 Å². The molecule has 1 aromatic carbocycles. The molecule has 0 saturated carbocycles. The van der Waals surface area contributed by atoms with Gasteiger partial charge in [0.15, 0.2) is 5.11 Å². The van der Waals surface area contributed by atoms with Crippen LogP contribution in [0.1, 0.15) is 5.56 Å². The van der Waals surface area contributed by atoms with Gasteiger partial charge in [-0.1, -0.05) is 30.3 Å². The molecule has 6 heteroatoms. The first-order valence-electron chi connectivity index (χ1n) is 5.87. The number of benzene rings is 1. The number of rotatable bonds is 4. The van der Waals surface area contributed by atoms with Gasteiger partial charge in [0.25, 0.3) is 5.91 Å². The Morgan fingerprint density at radius 3 is 2.85 bits per heavy atom. The van der Waals surface area contributed by atoms with E-state index in [1.165, 1.54) is 4.90 Å². The summed E-state index contributed by atoms with van der Waals surface area (Å²) in [6.45, 7) is 3.96. The number of ether oxygens (including phenoxy) is 1. The van der Waals surface area contributed by atoms with Gasteiger partial charge in [0.05, 0.1) is 5.02 Å². The highest BCUT2D eigenvalue weighted by molar-refractivity contribution is 7.80. The third-order valence-corrected chi connectivity index (χ3v) is 3.38. The second kappa shape index (κ2) is 6.07. The molecule has 0 bridgehead atoms. The van der Waals surface area contributed by atoms with Crippen LogP contribution in [0.15, 0.2) is 36.6 Å². The van der Waals surface area contributed by atoms with E-state index in [4.69, 9.17) is 28.6 Å². The molecule has 0 aliphatic carbocycles. The minimum Gasteiger partial charge on any atom is -0.488 e. The first kappa shape index (κ1) is 14.6. The monoisotopic (exact) mass is 308 g/mol. The Morgan fingerprint density at radius 2 is 2.30 bits per heavy atom. The number of halogens is 1. The van der Waals surface area contributed by atoms with Crippen LogP contribution < -0.4 is 10.1 Å². The van der Waals surface area contributed by atoms with E-state index >= 15 is 0 Å². The minimum atomic E-state index is -0.168. The van der Waals surface area contributed by atoms with Crippen LogP contribution in [0.2, 0.25) is 5.02 Å². The van der Waals surface area contributed by atoms with Crippen molar-refractivity contribution in [2.75, 3.05) is 13.7 Å². The van der Waals surface area contributed by atoms with E-state index in [0.717, 1.165) is 5.56 Å². The van der Waals surface area contributed by atoms with Crippen molar-refractivity contribution in [2.24, 2.45) is 0 Å². The van der Waals surface area contributed by atoms with E-state index in [1.807, 2.05) is 6.07 Å². The number of carbonyl (C=O) groups is 1. The van der Waals surface area contributed by atoms with Crippen LogP contribution in [0.4, 0.5) is 0 Å². The van der Waals surface area contributed by atoms with Crippen molar-refractivity contribution in [3.8, 4) is 5.75 Å². The van der Waals surface area contributed by atoms with Gasteiger partial charge in [-0.15, -0.1) is 0 Å². The van der Waals surface area contributed by atoms with Crippen molar-refractivity contribution in [1.29, 1.82) is 0 Å². The Labute approximate surface area is 127 Å². The second-order valence-electron chi connectivity index (χ2n) is 4.14. The van der Waals surface area contributed by atoms with Crippen molar-refractivity contribution >= 4 is 40.9 Å². The molecule has 0 unspecified atom stereocenters. The maximum atomic E-state index is 11.9. The molecule has 1 saturated heterocycles. The maximum absolute atomic E-state index is 11.9. The lowest BCUT2D eigenvalue weighted by Gasteiger charge is -2.06. The fourth-order valence-electron chi connectivity index (χ4n) is 1.66. The fraction of sp³-hybridized carbons (Fsp3) is 0.143. The Morgan fingerprint density at radius 1 is 1.55 bits per heavy atom. The van der Waals surface area contributed by atoms with Gasteiger partial charge in [0.1, 0.15) is 18.1 Å². The van der Waals surface area contributed by atoms with Crippen molar-refractivity contribution in [2.45, 2.75) is 0 Å². The van der Waals surface area contributed by atoms with E-state index in [2.05, 4.69) is 11.9 Å². The number of nitrogens with one attached hydrogen (secondary N) is 1. The van der Waals surface area contributed by atoms with Gasteiger partial charge < -0.3 is 10.1 Å². The zero-order chi connectivity index (χ0) is 14.7. The van der Waals surface area contributed by atoms with Crippen LogP contribution in [0.25, 0.3) is 6.08 Å². The van der Waals surface area contributed by atoms with Crippen molar-refractivity contribution in [3.63, 3.8) is 0 Å². The first-order chi connectivity index (χ1) is 9.52. The lowest BCUT2D eigenvalue weighted by Crippen LogP contribution is -2.25. The van der Waals surface area contributed by atoms with Gasteiger partial charge in [-0.05, 0) is 36.0 Å². The molecule has 20 heavy (non-hydrogen) atoms. The summed E-state index contributed by atoms with van der Waals surface area (Å²) in [5.41, 5.74) is 1.21. The highest BCUT2D eigenvalue weighted by atomic mass is 35.5. The predicted molar refractivity (Wildman–Crippen MR) is 83.6 cm³/mol. The molecule has 1 aromatic rings. The van der Waals surface area contributed by atoms with Crippen LogP contribution >= 0.6 is 23.8 Å². The molecule has 0 radical (unpaired) electrons. The van der Waals surface area contributed by atoms with Crippen molar-refractivity contribution in [3.05, 3.63) is 47.1 Å². The normalized spacial score (nSPS) is 16.5. The number of nitrogens with zero attached hydrogens (tertiary/aromatic N) is 1. The number of thiocarbonyl (C=S) groups is 1. The van der Waals surface area contributed by atoms with Crippen LogP contribution in [-0.4, -0.2) is 29.6 Å². The average Bonchev–Trinajstić information content (AvgIpc) is 2.65. The Kier molecular flexibility index (Phi) is 4.42. The van der Waals surface area contributed by atoms with Crippen LogP contribution in [0, 0.1) is 0 Å². The quantitative estimate of drug-likeness (QED) is 0.527. The summed E-state index contributed by atoms with van der Waals surface area (Å²) >= 11 is 11.1. The molecule has 1 amide bonds. The molecule has 4 nitrogen and oxygen atoms in total. The van der Waals surface area contributed by atoms with Gasteiger partial charge in [-0.25, -0.2) is 0 Å². The minimum absolute atomic E-state index is 0.168. The van der Waals surface area contributed by atoms with Crippen LogP contribution in [-0.2, 0) is 4.79 Å². The summed E-state index contributed by atoms with van der Waals surface area (Å²) in [6, 6.07) is 5.29. The maximum Gasteiger partial charge on any atom is 0.276 e. The van der Waals surface area contributed by atoms with Gasteiger partial charge in [0, 0.05) is 7.05 Å². The smallest absolute Gasteiger partial charge is 0.276 e. The van der Waals surface area contributed by atoms with Gasteiger partial charge in [-0.3, -0.25) is 9.69 Å². The molecule has 1 N–H and O–H groups in total. The molecule has 104 valence electrons. The summed E-state index contributed by atoms with van der Waals surface area (Å²) in [6.07, 6.45) is 3.34. The highest BCUT2D eigenvalue weighted by Gasteiger charge is 2.26. The van der Waals surface area contributed by atoms with Crippen LogP contribution in [0.3, 0.4) is 0 Å². The van der Waals surface area contributed by atoms with E-state index in [0.29, 0.717) is 28.2 Å². The standard InChI is InChI=1S/C14H13ClN2O2S/c1-3-6-19-12-5-4-9(7-10(12)15)8-11-13(18)17(2)14(20)16-11/h3-5,7-8H,1,6H2,2H3,(H,16,20)/b11-8-. The molecule has 0 aromatic heterocycles. The van der Waals surface area contributed by atoms with Crippen molar-refractivity contribution < 1.29 is 9.53 Å². The van der Waals surface area contributed by atoms with Gasteiger partial charge in [-0.2, -0.15) is 0 Å². The molecule has 0 atom stereocenters. The van der Waals surface area contributed by atoms with E-state index < -0.39 is 0 Å². The third-order valence-electron chi connectivity index (χ3n) is 2.70. The molecule has 2 rings (SSSR count). The lowest BCUT2D eigenvalue weighted by atomic mass is 10.2. The molecular weight excluding hydrogens is 296 g/mol. The summed E-state index contributed by atoms with van der Waals surface area (Å²) in [7, 11) is 1.62. The first-order valence-corrected chi connectivity index (χ1v) is 6.65. The number of amides is 1. The fourth-order valence-corrected chi connectivity index (χ4v) is 2.10. The van der Waals surface area contributed by atoms with Crippen molar-refractivity contribution in [1.82, 2.24) is 10.2 Å². The second-order valence-corrected chi connectivity index (χ2v) is 4.94.